The van der Waals surface area contributed by atoms with Crippen LogP contribution in [0.5, 0.6) is 0 Å². The molecule has 0 aromatic heterocycles. The van der Waals surface area contributed by atoms with Crippen molar-refractivity contribution in [3.05, 3.63) is 174 Å². The molecule has 0 N–H and O–H groups in total. The summed E-state index contributed by atoms with van der Waals surface area (Å²) in [5.74, 6) is 0.456. The van der Waals surface area contributed by atoms with Gasteiger partial charge in [-0.1, -0.05) is 149 Å². The van der Waals surface area contributed by atoms with E-state index in [1.165, 1.54) is 66.5 Å². The van der Waals surface area contributed by atoms with Crippen LogP contribution in [0.25, 0.3) is 44.2 Å². The van der Waals surface area contributed by atoms with Crippen molar-refractivity contribution in [2.75, 3.05) is 4.90 Å². The number of benzene rings is 7. The van der Waals surface area contributed by atoms with Crippen LogP contribution in [0.2, 0.25) is 0 Å². The van der Waals surface area contributed by atoms with Crippen molar-refractivity contribution in [1.82, 2.24) is 0 Å². The van der Waals surface area contributed by atoms with Gasteiger partial charge in [-0.15, -0.1) is 0 Å². The predicted octanol–water partition coefficient (Wildman–Crippen LogP) is 13.1. The summed E-state index contributed by atoms with van der Waals surface area (Å²) in [7, 11) is 0. The van der Waals surface area contributed by atoms with E-state index in [0.29, 0.717) is 5.92 Å². The van der Waals surface area contributed by atoms with Crippen LogP contribution < -0.4 is 4.90 Å². The van der Waals surface area contributed by atoms with E-state index in [4.69, 9.17) is 0 Å². The third kappa shape index (κ3) is 4.95. The molecule has 1 aliphatic rings. The third-order valence-electron chi connectivity index (χ3n) is 10.0. The molecule has 0 unspecified atom stereocenters. The van der Waals surface area contributed by atoms with Gasteiger partial charge in [0.1, 0.15) is 0 Å². The molecule has 1 heteroatoms. The Labute approximate surface area is 278 Å². The first-order valence-corrected chi connectivity index (χ1v) is 16.7. The molecule has 0 heterocycles. The second-order valence-electron chi connectivity index (χ2n) is 13.6. The molecular weight excluding hydrogens is 567 g/mol. The standard InChI is InChI=1S/C46H39N/c1-31(2)39-20-13-21-42-45(39)40-27-26-38(30-43(40)46(42,3)4)47(37-24-22-33(23-25-37)32-14-7-5-8-15-32)44-29-36-19-12-11-18-35(36)28-41(44)34-16-9-6-10-17-34/h5-31H,1-4H3. The molecule has 228 valence electrons. The number of rotatable bonds is 6. The molecule has 7 aromatic rings. The van der Waals surface area contributed by atoms with Crippen molar-refractivity contribution >= 4 is 27.8 Å². The summed E-state index contributed by atoms with van der Waals surface area (Å²) < 4.78 is 0. The van der Waals surface area contributed by atoms with Crippen LogP contribution in [-0.4, -0.2) is 0 Å². The Morgan fingerprint density at radius 3 is 1.74 bits per heavy atom. The van der Waals surface area contributed by atoms with Gasteiger partial charge in [-0.3, -0.25) is 0 Å². The summed E-state index contributed by atoms with van der Waals surface area (Å²) >= 11 is 0. The highest BCUT2D eigenvalue weighted by Gasteiger charge is 2.37. The molecule has 7 aromatic carbocycles. The fraction of sp³-hybridized carbons (Fsp3) is 0.130. The zero-order chi connectivity index (χ0) is 32.1. The SMILES string of the molecule is CC(C)c1cccc2c1-c1ccc(N(c3ccc(-c4ccccc4)cc3)c3cc4ccccc4cc3-c3ccccc3)cc1C2(C)C. The lowest BCUT2D eigenvalue weighted by Gasteiger charge is -2.30. The van der Waals surface area contributed by atoms with Gasteiger partial charge in [0.15, 0.2) is 0 Å². The Hall–Kier alpha value is -5.40. The number of fused-ring (bicyclic) bond motifs is 4. The van der Waals surface area contributed by atoms with Crippen LogP contribution in [-0.2, 0) is 5.41 Å². The van der Waals surface area contributed by atoms with Crippen molar-refractivity contribution in [2.45, 2.75) is 39.0 Å². The van der Waals surface area contributed by atoms with Gasteiger partial charge in [0, 0.05) is 22.4 Å². The number of anilines is 3. The average Bonchev–Trinajstić information content (AvgIpc) is 3.35. The molecule has 1 nitrogen and oxygen atoms in total. The fourth-order valence-corrected chi connectivity index (χ4v) is 7.55. The largest absolute Gasteiger partial charge is 0.310 e. The van der Waals surface area contributed by atoms with E-state index in [0.717, 1.165) is 11.4 Å². The molecule has 0 radical (unpaired) electrons. The lowest BCUT2D eigenvalue weighted by atomic mass is 9.81. The Kier molecular flexibility index (Phi) is 7.07. The van der Waals surface area contributed by atoms with Gasteiger partial charge in [-0.05, 0) is 97.6 Å². The minimum atomic E-state index is -0.111. The van der Waals surface area contributed by atoms with Crippen LogP contribution in [0.15, 0.2) is 158 Å². The first kappa shape index (κ1) is 29.0. The summed E-state index contributed by atoms with van der Waals surface area (Å²) in [5, 5.41) is 2.46. The first-order valence-electron chi connectivity index (χ1n) is 16.7. The molecule has 0 atom stereocenters. The molecule has 0 fully saturated rings. The molecule has 0 saturated carbocycles. The van der Waals surface area contributed by atoms with E-state index in [9.17, 15) is 0 Å². The van der Waals surface area contributed by atoms with Crippen LogP contribution in [0.1, 0.15) is 50.3 Å². The second-order valence-corrected chi connectivity index (χ2v) is 13.6. The number of nitrogens with zero attached hydrogens (tertiary/aromatic N) is 1. The van der Waals surface area contributed by atoms with Gasteiger partial charge < -0.3 is 4.90 Å². The zero-order valence-corrected chi connectivity index (χ0v) is 27.5. The van der Waals surface area contributed by atoms with Crippen molar-refractivity contribution in [2.24, 2.45) is 0 Å². The van der Waals surface area contributed by atoms with Gasteiger partial charge in [-0.2, -0.15) is 0 Å². The second kappa shape index (κ2) is 11.4. The quantitative estimate of drug-likeness (QED) is 0.182. The number of hydrogen-bond donors (Lipinski definition) is 0. The van der Waals surface area contributed by atoms with E-state index >= 15 is 0 Å². The van der Waals surface area contributed by atoms with Gasteiger partial charge in [0.05, 0.1) is 5.69 Å². The van der Waals surface area contributed by atoms with E-state index in [-0.39, 0.29) is 5.41 Å². The van der Waals surface area contributed by atoms with Crippen LogP contribution in [0, 0.1) is 0 Å². The van der Waals surface area contributed by atoms with E-state index < -0.39 is 0 Å². The fourth-order valence-electron chi connectivity index (χ4n) is 7.55. The lowest BCUT2D eigenvalue weighted by molar-refractivity contribution is 0.659. The Balaban J connectivity index is 1.37. The van der Waals surface area contributed by atoms with Gasteiger partial charge in [0.2, 0.25) is 0 Å². The maximum Gasteiger partial charge on any atom is 0.0546 e. The summed E-state index contributed by atoms with van der Waals surface area (Å²) in [6.07, 6.45) is 0. The summed E-state index contributed by atoms with van der Waals surface area (Å²) in [5.41, 5.74) is 15.2. The Morgan fingerprint density at radius 1 is 0.468 bits per heavy atom. The monoisotopic (exact) mass is 605 g/mol. The number of hydrogen-bond acceptors (Lipinski definition) is 1. The first-order chi connectivity index (χ1) is 22.9. The molecule has 0 amide bonds. The van der Waals surface area contributed by atoms with Gasteiger partial charge in [-0.25, -0.2) is 0 Å². The summed E-state index contributed by atoms with van der Waals surface area (Å²) in [4.78, 5) is 2.46. The summed E-state index contributed by atoms with van der Waals surface area (Å²) in [6, 6.07) is 57.9. The highest BCUT2D eigenvalue weighted by Crippen LogP contribution is 2.53. The third-order valence-corrected chi connectivity index (χ3v) is 10.0. The maximum atomic E-state index is 2.46. The van der Waals surface area contributed by atoms with E-state index in [2.05, 4.69) is 190 Å². The van der Waals surface area contributed by atoms with Crippen molar-refractivity contribution in [3.8, 4) is 33.4 Å². The summed E-state index contributed by atoms with van der Waals surface area (Å²) in [6.45, 7) is 9.38. The van der Waals surface area contributed by atoms with Crippen molar-refractivity contribution < 1.29 is 0 Å². The van der Waals surface area contributed by atoms with Crippen molar-refractivity contribution in [1.29, 1.82) is 0 Å². The molecule has 0 spiro atoms. The van der Waals surface area contributed by atoms with Crippen LogP contribution in [0.3, 0.4) is 0 Å². The molecule has 0 aliphatic heterocycles. The van der Waals surface area contributed by atoms with Crippen LogP contribution in [0.4, 0.5) is 17.1 Å². The molecule has 47 heavy (non-hydrogen) atoms. The molecular formula is C46H39N. The topological polar surface area (TPSA) is 3.24 Å². The zero-order valence-electron chi connectivity index (χ0n) is 27.5. The predicted molar refractivity (Wildman–Crippen MR) is 201 cm³/mol. The normalized spacial score (nSPS) is 13.0. The molecule has 0 saturated heterocycles. The van der Waals surface area contributed by atoms with E-state index in [1.54, 1.807) is 0 Å². The average molecular weight is 606 g/mol. The Bertz CT molecular complexity index is 2220. The van der Waals surface area contributed by atoms with Crippen molar-refractivity contribution in [3.63, 3.8) is 0 Å². The minimum Gasteiger partial charge on any atom is -0.310 e. The lowest BCUT2D eigenvalue weighted by Crippen LogP contribution is -2.17. The highest BCUT2D eigenvalue weighted by atomic mass is 15.1. The smallest absolute Gasteiger partial charge is 0.0546 e. The van der Waals surface area contributed by atoms with E-state index in [1.807, 2.05) is 0 Å². The van der Waals surface area contributed by atoms with Crippen LogP contribution >= 0.6 is 0 Å². The Morgan fingerprint density at radius 2 is 1.06 bits per heavy atom. The van der Waals surface area contributed by atoms with Gasteiger partial charge in [0.25, 0.3) is 0 Å². The minimum absolute atomic E-state index is 0.111. The molecule has 0 bridgehead atoms. The maximum absolute atomic E-state index is 2.46. The molecule has 8 rings (SSSR count). The molecule has 1 aliphatic carbocycles. The van der Waals surface area contributed by atoms with Gasteiger partial charge >= 0.3 is 0 Å². The highest BCUT2D eigenvalue weighted by molar-refractivity contribution is 5.99.